The zero-order valence-electron chi connectivity index (χ0n) is 57.5. The smallest absolute Gasteiger partial charge is 0.0354 e. The summed E-state index contributed by atoms with van der Waals surface area (Å²) in [6.07, 6.45) is 49.8. The third-order valence-electron chi connectivity index (χ3n) is 16.6. The lowest BCUT2D eigenvalue weighted by Gasteiger charge is -2.32. The Morgan fingerprint density at radius 3 is 0.890 bits per heavy atom. The van der Waals surface area contributed by atoms with Gasteiger partial charge in [0.05, 0.1) is 0 Å². The first-order valence-corrected chi connectivity index (χ1v) is 34.3. The second kappa shape index (κ2) is 61.2. The maximum Gasteiger partial charge on any atom is -0.0354 e. The van der Waals surface area contributed by atoms with Crippen LogP contribution in [0.25, 0.3) is 0 Å². The lowest BCUT2D eigenvalue weighted by atomic mass is 9.74. The molecule has 0 heterocycles. The molecule has 73 heavy (non-hydrogen) atoms. The Morgan fingerprint density at radius 1 is 0.384 bits per heavy atom. The summed E-state index contributed by atoms with van der Waals surface area (Å²) in [4.78, 5) is 0. The van der Waals surface area contributed by atoms with Crippen molar-refractivity contribution in [3.63, 3.8) is 0 Å². The molecule has 4 aliphatic carbocycles. The van der Waals surface area contributed by atoms with E-state index in [1.54, 1.807) is 0 Å². The summed E-state index contributed by atoms with van der Waals surface area (Å²) in [6.45, 7) is 59.5. The maximum atomic E-state index is 2.39. The molecule has 4 aliphatic rings. The third-order valence-corrected chi connectivity index (χ3v) is 16.6. The van der Waals surface area contributed by atoms with Crippen LogP contribution in [-0.2, 0) is 0 Å². The minimum atomic E-state index is 0.550. The van der Waals surface area contributed by atoms with Gasteiger partial charge in [-0.2, -0.15) is 0 Å². The molecule has 0 amide bonds. The van der Waals surface area contributed by atoms with Gasteiger partial charge in [-0.1, -0.05) is 385 Å². The molecular weight excluding hydrogens is 877 g/mol. The van der Waals surface area contributed by atoms with Gasteiger partial charge in [0, 0.05) is 0 Å². The number of unbranched alkanes of at least 4 members (excludes halogenated alkanes) is 6. The van der Waals surface area contributed by atoms with E-state index in [4.69, 9.17) is 0 Å². The number of rotatable bonds is 19. The van der Waals surface area contributed by atoms with Crippen molar-refractivity contribution < 1.29 is 0 Å². The van der Waals surface area contributed by atoms with Crippen LogP contribution in [0.15, 0.2) is 0 Å². The van der Waals surface area contributed by atoms with E-state index in [1.165, 1.54) is 225 Å². The topological polar surface area (TPSA) is 0 Å². The van der Waals surface area contributed by atoms with Crippen LogP contribution >= 0.6 is 0 Å². The summed E-state index contributed by atoms with van der Waals surface area (Å²) < 4.78 is 0. The Hall–Kier alpha value is 0. The predicted octanol–water partition coefficient (Wildman–Crippen LogP) is 28.2. The van der Waals surface area contributed by atoms with Gasteiger partial charge < -0.3 is 0 Å². The van der Waals surface area contributed by atoms with Crippen LogP contribution < -0.4 is 0 Å². The lowest BCUT2D eigenvalue weighted by Crippen LogP contribution is -2.19. The van der Waals surface area contributed by atoms with Crippen molar-refractivity contribution in [1.29, 1.82) is 0 Å². The van der Waals surface area contributed by atoms with Crippen molar-refractivity contribution in [2.75, 3.05) is 0 Å². The first-order valence-electron chi connectivity index (χ1n) is 34.3. The Kier molecular flexibility index (Phi) is 70.7. The molecule has 0 radical (unpaired) electrons. The molecule has 1 atom stereocenters. The fraction of sp³-hybridized carbons (Fsp3) is 1.00. The van der Waals surface area contributed by atoms with Crippen molar-refractivity contribution in [3.05, 3.63) is 0 Å². The van der Waals surface area contributed by atoms with E-state index in [2.05, 4.69) is 180 Å². The van der Waals surface area contributed by atoms with Gasteiger partial charge in [-0.05, 0) is 89.3 Å². The van der Waals surface area contributed by atoms with E-state index in [0.29, 0.717) is 10.8 Å². The van der Waals surface area contributed by atoms with Gasteiger partial charge in [-0.3, -0.25) is 0 Å². The molecule has 0 bridgehead atoms. The first-order chi connectivity index (χ1) is 34.3. The van der Waals surface area contributed by atoms with Crippen LogP contribution in [0.3, 0.4) is 0 Å². The van der Waals surface area contributed by atoms with Gasteiger partial charge in [0.1, 0.15) is 0 Å². The Bertz CT molecular complexity index is 886. The Morgan fingerprint density at radius 2 is 0.740 bits per heavy atom. The number of hydrogen-bond acceptors (Lipinski definition) is 0. The fourth-order valence-electron chi connectivity index (χ4n) is 9.80. The predicted molar refractivity (Wildman–Crippen MR) is 349 cm³/mol. The molecule has 0 N–H and O–H groups in total. The van der Waals surface area contributed by atoms with Crippen LogP contribution in [0.1, 0.15) is 405 Å². The second-order valence-corrected chi connectivity index (χ2v) is 28.1. The first kappa shape index (κ1) is 84.3. The molecule has 0 nitrogen and oxygen atoms in total. The monoisotopic (exact) mass is 1040 g/mol. The van der Waals surface area contributed by atoms with E-state index in [9.17, 15) is 0 Å². The number of hydrogen-bond donors (Lipinski definition) is 0. The van der Waals surface area contributed by atoms with E-state index < -0.39 is 0 Å². The molecule has 0 heteroatoms. The van der Waals surface area contributed by atoms with Gasteiger partial charge >= 0.3 is 0 Å². The highest BCUT2D eigenvalue weighted by Gasteiger charge is 2.24. The second-order valence-electron chi connectivity index (χ2n) is 28.1. The highest BCUT2D eigenvalue weighted by atomic mass is 14.3. The van der Waals surface area contributed by atoms with Crippen molar-refractivity contribution in [2.45, 2.75) is 405 Å². The zero-order valence-corrected chi connectivity index (χ0v) is 57.5. The summed E-state index contributed by atoms with van der Waals surface area (Å²) in [7, 11) is 0. The van der Waals surface area contributed by atoms with E-state index in [-0.39, 0.29) is 0 Å². The molecule has 0 saturated heterocycles. The summed E-state index contributed by atoms with van der Waals surface area (Å²) in [6, 6.07) is 0. The quantitative estimate of drug-likeness (QED) is 0.113. The molecule has 450 valence electrons. The largest absolute Gasteiger partial charge is 0.0654 e. The van der Waals surface area contributed by atoms with Gasteiger partial charge in [0.25, 0.3) is 0 Å². The lowest BCUT2D eigenvalue weighted by molar-refractivity contribution is 0.201. The van der Waals surface area contributed by atoms with Crippen LogP contribution in [0, 0.1) is 70.0 Å². The molecule has 0 aromatic rings. The highest BCUT2D eigenvalue weighted by molar-refractivity contribution is 4.76. The Balaban J connectivity index is -0.000000171. The summed E-state index contributed by atoms with van der Waals surface area (Å²) in [5, 5.41) is 0. The average molecular weight is 1040 g/mol. The molecule has 4 rings (SSSR count). The van der Waals surface area contributed by atoms with E-state index >= 15 is 0 Å². The normalized spacial score (nSPS) is 17.0. The van der Waals surface area contributed by atoms with Gasteiger partial charge in [-0.25, -0.2) is 0 Å². The summed E-state index contributed by atoms with van der Waals surface area (Å²) in [5.74, 6) is 9.82. The molecule has 1 unspecified atom stereocenters. The molecule has 0 aromatic carbocycles. The highest BCUT2D eigenvalue weighted by Crippen LogP contribution is 2.37. The van der Waals surface area contributed by atoms with Crippen LogP contribution in [0.5, 0.6) is 0 Å². The van der Waals surface area contributed by atoms with Crippen molar-refractivity contribution in [1.82, 2.24) is 0 Å². The van der Waals surface area contributed by atoms with Gasteiger partial charge in [0.2, 0.25) is 0 Å². The third kappa shape index (κ3) is 76.3. The van der Waals surface area contributed by atoms with Crippen LogP contribution in [-0.4, -0.2) is 0 Å². The molecule has 4 saturated carbocycles. The van der Waals surface area contributed by atoms with Crippen molar-refractivity contribution in [3.8, 4) is 0 Å². The molecular formula is C73H158. The van der Waals surface area contributed by atoms with Gasteiger partial charge in [-0.15, -0.1) is 0 Å². The van der Waals surface area contributed by atoms with Crippen molar-refractivity contribution in [2.24, 2.45) is 70.0 Å². The molecule has 0 aliphatic heterocycles. The average Bonchev–Trinajstić information content (AvgIpc) is 3.87. The van der Waals surface area contributed by atoms with E-state index in [0.717, 1.165) is 59.2 Å². The SMILES string of the molecule is CC(C)C1CCC1.CC(C)C1CCCC1.CC1CCC(C)(C)CC1.CC1CCCCC1.CCC(CC)CC.CCCC(C)(C)C.CCCC(C)CC.CCCCC(C)C.CCCCC(C)C.CCCCCCC. The fourth-order valence-corrected chi connectivity index (χ4v) is 9.80. The minimum Gasteiger partial charge on any atom is -0.0654 e. The summed E-state index contributed by atoms with van der Waals surface area (Å²) in [5.41, 5.74) is 1.21. The standard InChI is InChI=1S/C9H18.C8H16.2C7H14.6C7H16/c1-8-4-6-9(2,3)7-5-8;1-7(2)8-5-3-4-6-8;1-6(2)7-4-3-5-7;1-7-5-3-2-4-6-7;1-5-6-7(2,3)4;2*1-4-5-6-7(2)3;1-4-6-7(3)5-2;1-4-7(5-2)6-3;1-3-5-7-6-4-2/h8H,4-7H2,1-3H3;7-8H,3-6H2,1-2H3;6-7H,3-5H2,1-2H3;7H,2-6H2,1H3;5-6H2,1-4H3;4*7H,4-6H2,1-3H3;3-7H2,1-2H3. The molecule has 0 spiro atoms. The van der Waals surface area contributed by atoms with Crippen molar-refractivity contribution >= 4 is 0 Å². The minimum absolute atomic E-state index is 0.550. The summed E-state index contributed by atoms with van der Waals surface area (Å²) >= 11 is 0. The molecule has 0 aromatic heterocycles. The van der Waals surface area contributed by atoms with E-state index in [1.807, 2.05) is 0 Å². The maximum absolute atomic E-state index is 2.39. The zero-order chi connectivity index (χ0) is 57.5. The Labute approximate surface area is 472 Å². The molecule has 4 fully saturated rings. The van der Waals surface area contributed by atoms with Gasteiger partial charge in [0.15, 0.2) is 0 Å². The van der Waals surface area contributed by atoms with Crippen LogP contribution in [0.4, 0.5) is 0 Å². The van der Waals surface area contributed by atoms with Crippen LogP contribution in [0.2, 0.25) is 0 Å².